The Labute approximate surface area is 87.7 Å². The summed E-state index contributed by atoms with van der Waals surface area (Å²) in [4.78, 5) is 0. The van der Waals surface area contributed by atoms with Gasteiger partial charge in [-0.3, -0.25) is 0 Å². The Balaban J connectivity index is 1.95. The predicted octanol–water partition coefficient (Wildman–Crippen LogP) is 2.50. The fourth-order valence-electron chi connectivity index (χ4n) is 1.79. The highest BCUT2D eigenvalue weighted by Crippen LogP contribution is 2.17. The van der Waals surface area contributed by atoms with Crippen LogP contribution in [0.15, 0.2) is 12.7 Å². The lowest BCUT2D eigenvalue weighted by atomic mass is 10.0. The first kappa shape index (κ1) is 11.7. The highest BCUT2D eigenvalue weighted by atomic mass is 16.5. The van der Waals surface area contributed by atoms with Crippen LogP contribution in [0.4, 0.5) is 0 Å². The van der Waals surface area contributed by atoms with Crippen molar-refractivity contribution < 1.29 is 4.74 Å². The van der Waals surface area contributed by atoms with E-state index in [0.29, 0.717) is 0 Å². The van der Waals surface area contributed by atoms with Crippen LogP contribution in [-0.4, -0.2) is 25.3 Å². The normalized spacial score (nSPS) is 26.6. The highest BCUT2D eigenvalue weighted by molar-refractivity contribution is 4.86. The third kappa shape index (κ3) is 4.25. The van der Waals surface area contributed by atoms with Crippen molar-refractivity contribution in [3.05, 3.63) is 12.7 Å². The third-order valence-electron chi connectivity index (χ3n) is 2.86. The molecule has 0 aromatic carbocycles. The molecule has 1 aliphatic rings. The quantitative estimate of drug-likeness (QED) is 0.500. The van der Waals surface area contributed by atoms with Crippen molar-refractivity contribution in [1.82, 2.24) is 5.32 Å². The molecule has 82 valence electrons. The molecular weight excluding hydrogens is 174 g/mol. The second-order valence-electron chi connectivity index (χ2n) is 4.43. The predicted molar refractivity (Wildman–Crippen MR) is 60.5 cm³/mol. The lowest BCUT2D eigenvalue weighted by molar-refractivity contribution is 0.171. The zero-order valence-corrected chi connectivity index (χ0v) is 9.35. The van der Waals surface area contributed by atoms with Crippen molar-refractivity contribution in [3.63, 3.8) is 0 Å². The van der Waals surface area contributed by atoms with E-state index >= 15 is 0 Å². The summed E-state index contributed by atoms with van der Waals surface area (Å²) in [6.45, 7) is 8.89. The van der Waals surface area contributed by atoms with Gasteiger partial charge < -0.3 is 10.1 Å². The van der Waals surface area contributed by atoms with Gasteiger partial charge in [0.15, 0.2) is 0 Å². The SMILES string of the molecule is C=CCCCCCNC1(C)CCOC1. The van der Waals surface area contributed by atoms with Gasteiger partial charge in [-0.05, 0) is 39.2 Å². The van der Waals surface area contributed by atoms with Gasteiger partial charge in [0.05, 0.1) is 6.61 Å². The first-order valence-corrected chi connectivity index (χ1v) is 5.70. The summed E-state index contributed by atoms with van der Waals surface area (Å²) in [6, 6.07) is 0. The summed E-state index contributed by atoms with van der Waals surface area (Å²) in [5.41, 5.74) is 0.248. The second kappa shape index (κ2) is 6.20. The van der Waals surface area contributed by atoms with E-state index < -0.39 is 0 Å². The topological polar surface area (TPSA) is 21.3 Å². The molecule has 0 aromatic heterocycles. The molecule has 1 heterocycles. The van der Waals surface area contributed by atoms with Crippen molar-refractivity contribution in [2.75, 3.05) is 19.8 Å². The molecule has 0 aliphatic carbocycles. The van der Waals surface area contributed by atoms with Crippen molar-refractivity contribution in [2.24, 2.45) is 0 Å². The summed E-state index contributed by atoms with van der Waals surface area (Å²) < 4.78 is 5.38. The fourth-order valence-corrected chi connectivity index (χ4v) is 1.79. The molecule has 0 bridgehead atoms. The standard InChI is InChI=1S/C12H23NO/c1-3-4-5-6-7-9-13-12(2)8-10-14-11-12/h3,13H,1,4-11H2,2H3. The molecule has 0 spiro atoms. The molecule has 2 nitrogen and oxygen atoms in total. The minimum Gasteiger partial charge on any atom is -0.379 e. The molecule has 1 fully saturated rings. The molecule has 1 aliphatic heterocycles. The molecule has 1 unspecified atom stereocenters. The molecule has 1 atom stereocenters. The van der Waals surface area contributed by atoms with Crippen molar-refractivity contribution in [2.45, 2.75) is 44.6 Å². The van der Waals surface area contributed by atoms with Crippen LogP contribution >= 0.6 is 0 Å². The van der Waals surface area contributed by atoms with Crippen LogP contribution in [0.1, 0.15) is 39.0 Å². The maximum absolute atomic E-state index is 5.38. The van der Waals surface area contributed by atoms with Gasteiger partial charge in [-0.2, -0.15) is 0 Å². The van der Waals surface area contributed by atoms with Gasteiger partial charge in [-0.15, -0.1) is 6.58 Å². The summed E-state index contributed by atoms with van der Waals surface area (Å²) in [6.07, 6.45) is 8.15. The van der Waals surface area contributed by atoms with E-state index in [4.69, 9.17) is 4.74 Å². The first-order chi connectivity index (χ1) is 6.77. The molecule has 0 saturated carbocycles. The van der Waals surface area contributed by atoms with E-state index in [0.717, 1.165) is 32.6 Å². The number of unbranched alkanes of at least 4 members (excludes halogenated alkanes) is 3. The Bertz CT molecular complexity index is 162. The lowest BCUT2D eigenvalue weighted by Crippen LogP contribution is -2.43. The van der Waals surface area contributed by atoms with Gasteiger partial charge in [-0.1, -0.05) is 12.5 Å². The Hall–Kier alpha value is -0.340. The average molecular weight is 197 g/mol. The number of hydrogen-bond acceptors (Lipinski definition) is 2. The minimum absolute atomic E-state index is 0.248. The van der Waals surface area contributed by atoms with E-state index in [2.05, 4.69) is 18.8 Å². The van der Waals surface area contributed by atoms with Gasteiger partial charge in [0, 0.05) is 12.1 Å². The zero-order valence-electron chi connectivity index (χ0n) is 9.35. The van der Waals surface area contributed by atoms with Crippen molar-refractivity contribution in [3.8, 4) is 0 Å². The highest BCUT2D eigenvalue weighted by Gasteiger charge is 2.28. The van der Waals surface area contributed by atoms with E-state index in [-0.39, 0.29) is 5.54 Å². The number of ether oxygens (including phenoxy) is 1. The average Bonchev–Trinajstić information content (AvgIpc) is 2.59. The summed E-state index contributed by atoms with van der Waals surface area (Å²) >= 11 is 0. The Morgan fingerprint density at radius 3 is 2.93 bits per heavy atom. The number of hydrogen-bond donors (Lipinski definition) is 1. The molecule has 14 heavy (non-hydrogen) atoms. The number of allylic oxidation sites excluding steroid dienone is 1. The Morgan fingerprint density at radius 1 is 1.43 bits per heavy atom. The largest absolute Gasteiger partial charge is 0.379 e. The van der Waals surface area contributed by atoms with Gasteiger partial charge in [-0.25, -0.2) is 0 Å². The van der Waals surface area contributed by atoms with Crippen LogP contribution in [0, 0.1) is 0 Å². The van der Waals surface area contributed by atoms with E-state index in [1.165, 1.54) is 19.3 Å². The van der Waals surface area contributed by atoms with Crippen molar-refractivity contribution >= 4 is 0 Å². The van der Waals surface area contributed by atoms with Crippen molar-refractivity contribution in [1.29, 1.82) is 0 Å². The van der Waals surface area contributed by atoms with Gasteiger partial charge in [0.1, 0.15) is 0 Å². The lowest BCUT2D eigenvalue weighted by Gasteiger charge is -2.23. The Kier molecular flexibility index (Phi) is 5.20. The first-order valence-electron chi connectivity index (χ1n) is 5.70. The molecule has 1 saturated heterocycles. The molecule has 1 rings (SSSR count). The molecule has 2 heteroatoms. The van der Waals surface area contributed by atoms with Crippen LogP contribution < -0.4 is 5.32 Å². The number of nitrogens with one attached hydrogen (secondary N) is 1. The zero-order chi connectivity index (χ0) is 10.3. The number of rotatable bonds is 7. The third-order valence-corrected chi connectivity index (χ3v) is 2.86. The van der Waals surface area contributed by atoms with Gasteiger partial charge in [0.25, 0.3) is 0 Å². The van der Waals surface area contributed by atoms with Crippen LogP contribution in [0.5, 0.6) is 0 Å². The molecule has 0 amide bonds. The summed E-state index contributed by atoms with van der Waals surface area (Å²) in [5.74, 6) is 0. The monoisotopic (exact) mass is 197 g/mol. The van der Waals surface area contributed by atoms with Crippen LogP contribution in [0.2, 0.25) is 0 Å². The second-order valence-corrected chi connectivity index (χ2v) is 4.43. The summed E-state index contributed by atoms with van der Waals surface area (Å²) in [7, 11) is 0. The molecule has 1 N–H and O–H groups in total. The van der Waals surface area contributed by atoms with Crippen LogP contribution in [0.25, 0.3) is 0 Å². The van der Waals surface area contributed by atoms with E-state index in [1.54, 1.807) is 0 Å². The summed E-state index contributed by atoms with van der Waals surface area (Å²) in [5, 5.41) is 3.58. The molecule has 0 radical (unpaired) electrons. The molecular formula is C12H23NO. The maximum Gasteiger partial charge on any atom is 0.0646 e. The molecule has 0 aromatic rings. The van der Waals surface area contributed by atoms with E-state index in [9.17, 15) is 0 Å². The smallest absolute Gasteiger partial charge is 0.0646 e. The minimum atomic E-state index is 0.248. The van der Waals surface area contributed by atoms with E-state index in [1.807, 2.05) is 6.08 Å². The van der Waals surface area contributed by atoms with Crippen LogP contribution in [0.3, 0.4) is 0 Å². The van der Waals surface area contributed by atoms with Gasteiger partial charge >= 0.3 is 0 Å². The Morgan fingerprint density at radius 2 is 2.29 bits per heavy atom. The fraction of sp³-hybridized carbons (Fsp3) is 0.833. The van der Waals surface area contributed by atoms with Crippen LogP contribution in [-0.2, 0) is 4.74 Å². The van der Waals surface area contributed by atoms with Gasteiger partial charge in [0.2, 0.25) is 0 Å². The maximum atomic E-state index is 5.38.